The first-order valence-corrected chi connectivity index (χ1v) is 7.13. The summed E-state index contributed by atoms with van der Waals surface area (Å²) in [4.78, 5) is 13.8. The van der Waals surface area contributed by atoms with Crippen LogP contribution in [0.5, 0.6) is 0 Å². The van der Waals surface area contributed by atoms with Gasteiger partial charge in [0.05, 0.1) is 6.04 Å². The number of hydrogen-bond acceptors (Lipinski definition) is 3. The Labute approximate surface area is 111 Å². The first kappa shape index (κ1) is 13.4. The van der Waals surface area contributed by atoms with Gasteiger partial charge in [0.2, 0.25) is 5.91 Å². The summed E-state index contributed by atoms with van der Waals surface area (Å²) in [6, 6.07) is 6.26. The number of carbonyl (C=O) groups excluding carboxylic acids is 1. The van der Waals surface area contributed by atoms with E-state index in [-0.39, 0.29) is 17.8 Å². The summed E-state index contributed by atoms with van der Waals surface area (Å²) in [5.74, 6) is 1.68. The number of likely N-dealkylation sites (N-methyl/N-ethyl adjacent to an activating group) is 1. The Kier molecular flexibility index (Phi) is 4.60. The summed E-state index contributed by atoms with van der Waals surface area (Å²) in [6.07, 6.45) is 0. The van der Waals surface area contributed by atoms with E-state index < -0.39 is 0 Å². The monoisotopic (exact) mass is 268 g/mol. The van der Waals surface area contributed by atoms with Crippen molar-refractivity contribution in [1.29, 1.82) is 0 Å². The summed E-state index contributed by atoms with van der Waals surface area (Å²) >= 11 is 1.79. The van der Waals surface area contributed by atoms with Crippen molar-refractivity contribution in [1.82, 2.24) is 10.2 Å². The van der Waals surface area contributed by atoms with E-state index in [2.05, 4.69) is 5.32 Å². The molecule has 5 heteroatoms. The standard InChI is InChI=1S/C13H17FN2OS/c1-16(8-10-3-2-4-11(14)7-10)13(17)12-9-18-6-5-15-12/h2-4,7,12,15H,5-6,8-9H2,1H3. The van der Waals surface area contributed by atoms with Gasteiger partial charge in [0, 0.05) is 31.6 Å². The van der Waals surface area contributed by atoms with E-state index in [1.165, 1.54) is 12.1 Å². The largest absolute Gasteiger partial charge is 0.340 e. The lowest BCUT2D eigenvalue weighted by molar-refractivity contribution is -0.132. The quantitative estimate of drug-likeness (QED) is 0.901. The minimum atomic E-state index is -0.264. The Morgan fingerprint density at radius 2 is 2.44 bits per heavy atom. The fourth-order valence-electron chi connectivity index (χ4n) is 1.98. The number of thioether (sulfide) groups is 1. The molecule has 1 aromatic rings. The van der Waals surface area contributed by atoms with Crippen molar-refractivity contribution in [3.8, 4) is 0 Å². The number of halogens is 1. The third kappa shape index (κ3) is 3.46. The molecule has 0 aromatic heterocycles. The van der Waals surface area contributed by atoms with Crippen molar-refractivity contribution >= 4 is 17.7 Å². The lowest BCUT2D eigenvalue weighted by atomic mass is 10.2. The SMILES string of the molecule is CN(Cc1cccc(F)c1)C(=O)C1CSCCN1. The molecule has 1 fully saturated rings. The van der Waals surface area contributed by atoms with Crippen LogP contribution in [0.25, 0.3) is 0 Å². The van der Waals surface area contributed by atoms with E-state index >= 15 is 0 Å². The summed E-state index contributed by atoms with van der Waals surface area (Å²) in [6.45, 7) is 1.31. The van der Waals surface area contributed by atoms with Gasteiger partial charge in [-0.15, -0.1) is 0 Å². The maximum Gasteiger partial charge on any atom is 0.240 e. The van der Waals surface area contributed by atoms with Crippen molar-refractivity contribution in [2.75, 3.05) is 25.1 Å². The molecule has 2 rings (SSSR count). The number of benzene rings is 1. The lowest BCUT2D eigenvalue weighted by Crippen LogP contribution is -2.49. The molecular weight excluding hydrogens is 251 g/mol. The smallest absolute Gasteiger partial charge is 0.240 e. The second kappa shape index (κ2) is 6.20. The van der Waals surface area contributed by atoms with Gasteiger partial charge in [-0.1, -0.05) is 12.1 Å². The highest BCUT2D eigenvalue weighted by atomic mass is 32.2. The Hall–Kier alpha value is -1.07. The first-order valence-electron chi connectivity index (χ1n) is 5.97. The van der Waals surface area contributed by atoms with Gasteiger partial charge in [0.1, 0.15) is 5.82 Å². The average molecular weight is 268 g/mol. The van der Waals surface area contributed by atoms with Gasteiger partial charge in [-0.3, -0.25) is 4.79 Å². The Bertz CT molecular complexity index is 421. The number of carbonyl (C=O) groups is 1. The predicted molar refractivity (Wildman–Crippen MR) is 72.0 cm³/mol. The molecule has 1 unspecified atom stereocenters. The van der Waals surface area contributed by atoms with Crippen LogP contribution in [0.15, 0.2) is 24.3 Å². The van der Waals surface area contributed by atoms with Crippen LogP contribution in [0, 0.1) is 5.82 Å². The summed E-state index contributed by atoms with van der Waals surface area (Å²) in [7, 11) is 1.76. The molecule has 98 valence electrons. The molecule has 18 heavy (non-hydrogen) atoms. The fraction of sp³-hybridized carbons (Fsp3) is 0.462. The van der Waals surface area contributed by atoms with Crippen molar-refractivity contribution in [3.05, 3.63) is 35.6 Å². The Morgan fingerprint density at radius 1 is 1.61 bits per heavy atom. The number of rotatable bonds is 3. The molecule has 1 amide bonds. The molecule has 0 aliphatic carbocycles. The van der Waals surface area contributed by atoms with E-state index in [0.717, 1.165) is 23.6 Å². The number of amides is 1. The number of nitrogens with zero attached hydrogens (tertiary/aromatic N) is 1. The van der Waals surface area contributed by atoms with Crippen LogP contribution in [-0.4, -0.2) is 41.9 Å². The van der Waals surface area contributed by atoms with Crippen LogP contribution in [0.3, 0.4) is 0 Å². The Morgan fingerprint density at radius 3 is 3.11 bits per heavy atom. The molecule has 1 saturated heterocycles. The zero-order chi connectivity index (χ0) is 13.0. The fourth-order valence-corrected chi connectivity index (χ4v) is 2.90. The van der Waals surface area contributed by atoms with Gasteiger partial charge < -0.3 is 10.2 Å². The van der Waals surface area contributed by atoms with E-state index in [4.69, 9.17) is 0 Å². The summed E-state index contributed by atoms with van der Waals surface area (Å²) < 4.78 is 13.1. The van der Waals surface area contributed by atoms with Crippen molar-refractivity contribution < 1.29 is 9.18 Å². The number of hydrogen-bond donors (Lipinski definition) is 1. The molecule has 0 radical (unpaired) electrons. The second-order valence-electron chi connectivity index (χ2n) is 4.41. The predicted octanol–water partition coefficient (Wildman–Crippen LogP) is 1.49. The van der Waals surface area contributed by atoms with E-state index in [1.807, 2.05) is 6.07 Å². The van der Waals surface area contributed by atoms with E-state index in [0.29, 0.717) is 6.54 Å². The molecule has 1 aliphatic heterocycles. The highest BCUT2D eigenvalue weighted by Crippen LogP contribution is 2.12. The van der Waals surface area contributed by atoms with Crippen molar-refractivity contribution in [2.45, 2.75) is 12.6 Å². The van der Waals surface area contributed by atoms with Gasteiger partial charge in [-0.25, -0.2) is 4.39 Å². The lowest BCUT2D eigenvalue weighted by Gasteiger charge is -2.27. The maximum atomic E-state index is 13.1. The van der Waals surface area contributed by atoms with Gasteiger partial charge in [0.25, 0.3) is 0 Å². The molecule has 0 saturated carbocycles. The third-order valence-corrected chi connectivity index (χ3v) is 3.97. The zero-order valence-electron chi connectivity index (χ0n) is 10.4. The Balaban J connectivity index is 1.94. The normalized spacial score (nSPS) is 19.6. The minimum absolute atomic E-state index is 0.0754. The summed E-state index contributed by atoms with van der Waals surface area (Å²) in [5.41, 5.74) is 0.814. The highest BCUT2D eigenvalue weighted by Gasteiger charge is 2.23. The first-order chi connectivity index (χ1) is 8.66. The van der Waals surface area contributed by atoms with Gasteiger partial charge >= 0.3 is 0 Å². The van der Waals surface area contributed by atoms with Gasteiger partial charge in [0.15, 0.2) is 0 Å². The van der Waals surface area contributed by atoms with Crippen LogP contribution < -0.4 is 5.32 Å². The summed E-state index contributed by atoms with van der Waals surface area (Å²) in [5, 5.41) is 3.21. The van der Waals surface area contributed by atoms with Crippen LogP contribution in [0.4, 0.5) is 4.39 Å². The molecule has 1 atom stereocenters. The van der Waals surface area contributed by atoms with Gasteiger partial charge in [-0.2, -0.15) is 11.8 Å². The topological polar surface area (TPSA) is 32.3 Å². The molecule has 1 aromatic carbocycles. The second-order valence-corrected chi connectivity index (χ2v) is 5.56. The maximum absolute atomic E-state index is 13.1. The van der Waals surface area contributed by atoms with Crippen LogP contribution in [-0.2, 0) is 11.3 Å². The number of nitrogens with one attached hydrogen (secondary N) is 1. The van der Waals surface area contributed by atoms with Crippen LogP contribution in [0.1, 0.15) is 5.56 Å². The van der Waals surface area contributed by atoms with Crippen molar-refractivity contribution in [3.63, 3.8) is 0 Å². The molecule has 1 heterocycles. The molecule has 1 aliphatic rings. The zero-order valence-corrected chi connectivity index (χ0v) is 11.2. The average Bonchev–Trinajstić information content (AvgIpc) is 2.39. The molecule has 0 spiro atoms. The molecule has 0 bridgehead atoms. The third-order valence-electron chi connectivity index (χ3n) is 2.90. The molecule has 3 nitrogen and oxygen atoms in total. The molecular formula is C13H17FN2OS. The van der Waals surface area contributed by atoms with Crippen molar-refractivity contribution in [2.24, 2.45) is 0 Å². The van der Waals surface area contributed by atoms with Gasteiger partial charge in [-0.05, 0) is 17.7 Å². The minimum Gasteiger partial charge on any atom is -0.340 e. The van der Waals surface area contributed by atoms with Crippen LogP contribution >= 0.6 is 11.8 Å². The van der Waals surface area contributed by atoms with Crippen LogP contribution in [0.2, 0.25) is 0 Å². The highest BCUT2D eigenvalue weighted by molar-refractivity contribution is 7.99. The van der Waals surface area contributed by atoms with E-state index in [9.17, 15) is 9.18 Å². The van der Waals surface area contributed by atoms with E-state index in [1.54, 1.807) is 29.8 Å². The molecule has 1 N–H and O–H groups in total.